The largest absolute Gasteiger partial charge is 0.462 e. The molecule has 4 nitrogen and oxygen atoms in total. The fourth-order valence-electron chi connectivity index (χ4n) is 1.86. The van der Waals surface area contributed by atoms with E-state index in [2.05, 4.69) is 10.3 Å². The van der Waals surface area contributed by atoms with E-state index in [1.54, 1.807) is 14.0 Å². The summed E-state index contributed by atoms with van der Waals surface area (Å²) in [7, 11) is 1.60. The summed E-state index contributed by atoms with van der Waals surface area (Å²) in [5, 5.41) is 3.31. The SMILES string of the molecule is CCOC(=O)c1cnc2c(Cl)ccc(F)c2c1NC. The van der Waals surface area contributed by atoms with E-state index >= 15 is 0 Å². The molecule has 0 saturated carbocycles. The van der Waals surface area contributed by atoms with Gasteiger partial charge in [0.1, 0.15) is 11.4 Å². The monoisotopic (exact) mass is 282 g/mol. The molecule has 0 unspecified atom stereocenters. The number of benzene rings is 1. The zero-order chi connectivity index (χ0) is 14.0. The molecule has 0 spiro atoms. The van der Waals surface area contributed by atoms with E-state index in [9.17, 15) is 9.18 Å². The van der Waals surface area contributed by atoms with Crippen LogP contribution in [0.15, 0.2) is 18.3 Å². The topological polar surface area (TPSA) is 51.2 Å². The number of pyridine rings is 1. The highest BCUT2D eigenvalue weighted by molar-refractivity contribution is 6.35. The molecule has 0 atom stereocenters. The average molecular weight is 283 g/mol. The van der Waals surface area contributed by atoms with Crippen molar-refractivity contribution in [1.82, 2.24) is 4.98 Å². The third-order valence-electron chi connectivity index (χ3n) is 2.67. The lowest BCUT2D eigenvalue weighted by Crippen LogP contribution is -2.09. The summed E-state index contributed by atoms with van der Waals surface area (Å²) in [4.78, 5) is 15.8. The number of esters is 1. The van der Waals surface area contributed by atoms with E-state index in [1.807, 2.05) is 0 Å². The number of anilines is 1. The Bertz CT molecular complexity index is 646. The van der Waals surface area contributed by atoms with Gasteiger partial charge in [-0.3, -0.25) is 4.98 Å². The Morgan fingerprint density at radius 3 is 2.89 bits per heavy atom. The van der Waals surface area contributed by atoms with Gasteiger partial charge in [-0.05, 0) is 19.1 Å². The molecule has 0 aliphatic rings. The van der Waals surface area contributed by atoms with Crippen molar-refractivity contribution in [2.45, 2.75) is 6.92 Å². The van der Waals surface area contributed by atoms with Crippen molar-refractivity contribution in [2.75, 3.05) is 19.0 Å². The Morgan fingerprint density at radius 1 is 1.53 bits per heavy atom. The molecular formula is C13H12ClFN2O2. The first kappa shape index (κ1) is 13.5. The summed E-state index contributed by atoms with van der Waals surface area (Å²) in [6.07, 6.45) is 1.33. The second-order valence-electron chi connectivity index (χ2n) is 3.77. The van der Waals surface area contributed by atoms with Crippen molar-refractivity contribution in [3.63, 3.8) is 0 Å². The van der Waals surface area contributed by atoms with Crippen LogP contribution in [-0.4, -0.2) is 24.6 Å². The second kappa shape index (κ2) is 5.40. The minimum absolute atomic E-state index is 0.179. The summed E-state index contributed by atoms with van der Waals surface area (Å²) < 4.78 is 18.9. The number of aromatic nitrogens is 1. The molecule has 1 heterocycles. The molecule has 6 heteroatoms. The van der Waals surface area contributed by atoms with E-state index < -0.39 is 11.8 Å². The smallest absolute Gasteiger partial charge is 0.341 e. The number of rotatable bonds is 3. The van der Waals surface area contributed by atoms with E-state index in [-0.39, 0.29) is 17.6 Å². The van der Waals surface area contributed by atoms with Crippen LogP contribution in [0.2, 0.25) is 5.02 Å². The molecule has 2 aromatic rings. The lowest BCUT2D eigenvalue weighted by Gasteiger charge is -2.12. The predicted molar refractivity (Wildman–Crippen MR) is 72.2 cm³/mol. The van der Waals surface area contributed by atoms with E-state index in [1.165, 1.54) is 18.3 Å². The Morgan fingerprint density at radius 2 is 2.26 bits per heavy atom. The van der Waals surface area contributed by atoms with Gasteiger partial charge in [0.05, 0.1) is 28.2 Å². The minimum Gasteiger partial charge on any atom is -0.462 e. The Kier molecular flexibility index (Phi) is 3.85. The molecule has 1 N–H and O–H groups in total. The standard InChI is InChI=1S/C13H12ClFN2O2/c1-3-19-13(18)7-6-17-12-8(14)4-5-9(15)10(12)11(7)16-2/h4-6H,3H2,1-2H3,(H,16,17). The fraction of sp³-hybridized carbons (Fsp3) is 0.231. The van der Waals surface area contributed by atoms with Gasteiger partial charge in [-0.1, -0.05) is 11.6 Å². The summed E-state index contributed by atoms with van der Waals surface area (Å²) in [6.45, 7) is 1.93. The van der Waals surface area contributed by atoms with E-state index in [0.29, 0.717) is 16.2 Å². The van der Waals surface area contributed by atoms with Gasteiger partial charge in [0.15, 0.2) is 0 Å². The number of carbonyl (C=O) groups is 1. The van der Waals surface area contributed by atoms with Crippen LogP contribution in [0, 0.1) is 5.82 Å². The van der Waals surface area contributed by atoms with Gasteiger partial charge in [-0.2, -0.15) is 0 Å². The highest BCUT2D eigenvalue weighted by Gasteiger charge is 2.19. The van der Waals surface area contributed by atoms with Crippen LogP contribution in [0.1, 0.15) is 17.3 Å². The van der Waals surface area contributed by atoms with Crippen molar-refractivity contribution >= 4 is 34.2 Å². The molecule has 1 aromatic heterocycles. The van der Waals surface area contributed by atoms with Gasteiger partial charge in [0.25, 0.3) is 0 Å². The molecular weight excluding hydrogens is 271 g/mol. The van der Waals surface area contributed by atoms with Gasteiger partial charge in [0, 0.05) is 13.2 Å². The van der Waals surface area contributed by atoms with Crippen molar-refractivity contribution < 1.29 is 13.9 Å². The number of ether oxygens (including phenoxy) is 1. The number of nitrogens with zero attached hydrogens (tertiary/aromatic N) is 1. The quantitative estimate of drug-likeness (QED) is 0.878. The lowest BCUT2D eigenvalue weighted by molar-refractivity contribution is 0.0527. The van der Waals surface area contributed by atoms with Gasteiger partial charge in [0.2, 0.25) is 0 Å². The molecule has 0 aliphatic heterocycles. The lowest BCUT2D eigenvalue weighted by atomic mass is 10.1. The highest BCUT2D eigenvalue weighted by Crippen LogP contribution is 2.32. The van der Waals surface area contributed by atoms with Crippen LogP contribution in [0.5, 0.6) is 0 Å². The molecule has 1 aromatic carbocycles. The molecule has 0 amide bonds. The van der Waals surface area contributed by atoms with Crippen molar-refractivity contribution in [3.05, 3.63) is 34.7 Å². The summed E-state index contributed by atoms with van der Waals surface area (Å²) in [5.74, 6) is -1.05. The van der Waals surface area contributed by atoms with Crippen molar-refractivity contribution in [2.24, 2.45) is 0 Å². The third kappa shape index (κ3) is 2.33. The molecule has 0 fully saturated rings. The van der Waals surface area contributed by atoms with Crippen molar-refractivity contribution in [1.29, 1.82) is 0 Å². The molecule has 0 saturated heterocycles. The third-order valence-corrected chi connectivity index (χ3v) is 2.97. The maximum atomic E-state index is 14.0. The normalized spacial score (nSPS) is 10.5. The van der Waals surface area contributed by atoms with Gasteiger partial charge in [-0.25, -0.2) is 9.18 Å². The first-order chi connectivity index (χ1) is 9.10. The number of fused-ring (bicyclic) bond motifs is 1. The first-order valence-corrected chi connectivity index (χ1v) is 6.09. The Balaban J connectivity index is 2.76. The Labute approximate surface area is 114 Å². The van der Waals surface area contributed by atoms with Gasteiger partial charge >= 0.3 is 5.97 Å². The van der Waals surface area contributed by atoms with Crippen molar-refractivity contribution in [3.8, 4) is 0 Å². The number of carbonyl (C=O) groups excluding carboxylic acids is 1. The summed E-state index contributed by atoms with van der Waals surface area (Å²) in [6, 6.07) is 2.66. The van der Waals surface area contributed by atoms with E-state index in [0.717, 1.165) is 0 Å². The maximum Gasteiger partial charge on any atom is 0.341 e. The van der Waals surface area contributed by atoms with Crippen LogP contribution < -0.4 is 5.32 Å². The number of nitrogens with one attached hydrogen (secondary N) is 1. The average Bonchev–Trinajstić information content (AvgIpc) is 2.41. The highest BCUT2D eigenvalue weighted by atomic mass is 35.5. The first-order valence-electron chi connectivity index (χ1n) is 5.71. The molecule has 0 aliphatic carbocycles. The van der Waals surface area contributed by atoms with Crippen LogP contribution in [0.3, 0.4) is 0 Å². The second-order valence-corrected chi connectivity index (χ2v) is 4.18. The van der Waals surface area contributed by atoms with E-state index in [4.69, 9.17) is 16.3 Å². The zero-order valence-corrected chi connectivity index (χ0v) is 11.2. The molecule has 0 bridgehead atoms. The van der Waals surface area contributed by atoms with Gasteiger partial charge in [-0.15, -0.1) is 0 Å². The minimum atomic E-state index is -0.555. The van der Waals surface area contributed by atoms with Crippen LogP contribution in [0.25, 0.3) is 10.9 Å². The maximum absolute atomic E-state index is 14.0. The molecule has 2 rings (SSSR count). The number of hydrogen-bond acceptors (Lipinski definition) is 4. The predicted octanol–water partition coefficient (Wildman–Crippen LogP) is 3.25. The molecule has 0 radical (unpaired) electrons. The zero-order valence-electron chi connectivity index (χ0n) is 10.5. The number of hydrogen-bond donors (Lipinski definition) is 1. The van der Waals surface area contributed by atoms with Gasteiger partial charge < -0.3 is 10.1 Å². The Hall–Kier alpha value is -1.88. The molecule has 100 valence electrons. The fourth-order valence-corrected chi connectivity index (χ4v) is 2.06. The molecule has 19 heavy (non-hydrogen) atoms. The summed E-state index contributed by atoms with van der Waals surface area (Å²) in [5.41, 5.74) is 0.806. The van der Waals surface area contributed by atoms with Crippen LogP contribution >= 0.6 is 11.6 Å². The van der Waals surface area contributed by atoms with Crippen LogP contribution in [-0.2, 0) is 4.74 Å². The summed E-state index contributed by atoms with van der Waals surface area (Å²) >= 11 is 5.98. The van der Waals surface area contributed by atoms with Crippen LogP contribution in [0.4, 0.5) is 10.1 Å². The number of halogens is 2.